The van der Waals surface area contributed by atoms with Crippen LogP contribution in [0.5, 0.6) is 0 Å². The smallest absolute Gasteiger partial charge is 0.123 e. The molecule has 0 bridgehead atoms. The van der Waals surface area contributed by atoms with Gasteiger partial charge in [-0.05, 0) is 49.4 Å². The lowest BCUT2D eigenvalue weighted by Crippen LogP contribution is -2.30. The van der Waals surface area contributed by atoms with Crippen LogP contribution in [0.3, 0.4) is 0 Å². The number of nitrogens with one attached hydrogen (secondary N) is 1. The van der Waals surface area contributed by atoms with Gasteiger partial charge in [-0.3, -0.25) is 0 Å². The molecule has 2 rings (SSSR count). The Morgan fingerprint density at radius 3 is 2.90 bits per heavy atom. The van der Waals surface area contributed by atoms with Gasteiger partial charge in [0.25, 0.3) is 0 Å². The predicted octanol–water partition coefficient (Wildman–Crippen LogP) is 3.24. The second-order valence-corrected chi connectivity index (χ2v) is 6.08. The van der Waals surface area contributed by atoms with Gasteiger partial charge in [0.15, 0.2) is 0 Å². The highest BCUT2D eigenvalue weighted by molar-refractivity contribution is 7.99. The second-order valence-electron chi connectivity index (χ2n) is 4.55. The minimum absolute atomic E-state index is 0.376. The molecule has 0 amide bonds. The molecule has 0 saturated carbocycles. The summed E-state index contributed by atoms with van der Waals surface area (Å²) in [6.07, 6.45) is 2.68. The van der Waals surface area contributed by atoms with Crippen LogP contribution in [0, 0.1) is 0 Å². The summed E-state index contributed by atoms with van der Waals surface area (Å²) in [4.78, 5) is 5.20. The Balaban J connectivity index is 1.92. The number of aromatic nitrogens is 1. The number of pyridine rings is 1. The maximum absolute atomic E-state index is 5.99. The molecular weight excluding hydrogens is 290 g/mol. The van der Waals surface area contributed by atoms with Crippen LogP contribution < -0.4 is 11.1 Å². The third-order valence-corrected chi connectivity index (χ3v) is 4.37. The van der Waals surface area contributed by atoms with E-state index in [1.807, 2.05) is 37.4 Å². The molecule has 0 saturated heterocycles. The fourth-order valence-corrected chi connectivity index (χ4v) is 3.22. The number of thioether (sulfide) groups is 1. The van der Waals surface area contributed by atoms with Crippen LogP contribution in [-0.2, 0) is 6.42 Å². The fraction of sp³-hybridized carbons (Fsp3) is 0.267. The molecule has 1 aromatic carbocycles. The molecule has 1 aromatic heterocycles. The van der Waals surface area contributed by atoms with Gasteiger partial charge in [0.2, 0.25) is 0 Å². The molecule has 1 atom stereocenters. The van der Waals surface area contributed by atoms with Crippen molar-refractivity contribution in [3.05, 3.63) is 53.2 Å². The summed E-state index contributed by atoms with van der Waals surface area (Å²) in [5, 5.41) is 4.12. The number of anilines is 1. The minimum atomic E-state index is 0.376. The average molecular weight is 308 g/mol. The van der Waals surface area contributed by atoms with Gasteiger partial charge in [0.1, 0.15) is 5.82 Å². The number of benzene rings is 1. The summed E-state index contributed by atoms with van der Waals surface area (Å²) < 4.78 is 0. The van der Waals surface area contributed by atoms with Crippen molar-refractivity contribution < 1.29 is 0 Å². The molecule has 0 spiro atoms. The zero-order valence-corrected chi connectivity index (χ0v) is 12.9. The standard InChI is InChI=1S/C15H18ClN3S/c1-18-13(7-11-5-6-19-15(17)8-11)10-20-14-4-2-3-12(16)9-14/h2-6,8-9,13,18H,7,10H2,1H3,(H2,17,19). The molecule has 0 fully saturated rings. The Morgan fingerprint density at radius 1 is 1.35 bits per heavy atom. The molecule has 3 N–H and O–H groups in total. The zero-order valence-electron chi connectivity index (χ0n) is 11.3. The van der Waals surface area contributed by atoms with E-state index in [-0.39, 0.29) is 0 Å². The molecule has 20 heavy (non-hydrogen) atoms. The Hall–Kier alpha value is -1.23. The lowest BCUT2D eigenvalue weighted by atomic mass is 10.1. The molecular formula is C15H18ClN3S. The number of rotatable bonds is 6. The molecule has 5 heteroatoms. The van der Waals surface area contributed by atoms with E-state index in [0.29, 0.717) is 11.9 Å². The van der Waals surface area contributed by atoms with E-state index in [0.717, 1.165) is 17.2 Å². The quantitative estimate of drug-likeness (QED) is 0.804. The van der Waals surface area contributed by atoms with Crippen molar-refractivity contribution in [2.24, 2.45) is 0 Å². The van der Waals surface area contributed by atoms with Crippen molar-refractivity contribution in [2.75, 3.05) is 18.5 Å². The monoisotopic (exact) mass is 307 g/mol. The molecule has 0 aliphatic carbocycles. The highest BCUT2D eigenvalue weighted by Gasteiger charge is 2.09. The van der Waals surface area contributed by atoms with Gasteiger partial charge in [-0.2, -0.15) is 0 Å². The van der Waals surface area contributed by atoms with Crippen LogP contribution in [-0.4, -0.2) is 23.8 Å². The maximum atomic E-state index is 5.99. The number of hydrogen-bond donors (Lipinski definition) is 2. The van der Waals surface area contributed by atoms with Crippen molar-refractivity contribution in [1.29, 1.82) is 0 Å². The molecule has 1 unspecified atom stereocenters. The SMILES string of the molecule is CNC(CSc1cccc(Cl)c1)Cc1ccnc(N)c1. The summed E-state index contributed by atoms with van der Waals surface area (Å²) in [6, 6.07) is 12.2. The minimum Gasteiger partial charge on any atom is -0.384 e. The van der Waals surface area contributed by atoms with Crippen LogP contribution in [0.25, 0.3) is 0 Å². The number of halogens is 1. The number of nitrogens with zero attached hydrogens (tertiary/aromatic N) is 1. The van der Waals surface area contributed by atoms with E-state index in [2.05, 4.69) is 16.4 Å². The highest BCUT2D eigenvalue weighted by atomic mass is 35.5. The number of nitrogens with two attached hydrogens (primary N) is 1. The van der Waals surface area contributed by atoms with Gasteiger partial charge in [-0.25, -0.2) is 4.98 Å². The van der Waals surface area contributed by atoms with E-state index in [4.69, 9.17) is 17.3 Å². The molecule has 0 aliphatic heterocycles. The lowest BCUT2D eigenvalue weighted by molar-refractivity contribution is 0.617. The molecule has 3 nitrogen and oxygen atoms in total. The first-order valence-electron chi connectivity index (χ1n) is 6.43. The highest BCUT2D eigenvalue weighted by Crippen LogP contribution is 2.23. The normalized spacial score (nSPS) is 12.3. The van der Waals surface area contributed by atoms with E-state index in [9.17, 15) is 0 Å². The van der Waals surface area contributed by atoms with Gasteiger partial charge in [0.05, 0.1) is 0 Å². The summed E-state index contributed by atoms with van der Waals surface area (Å²) in [5.41, 5.74) is 6.90. The van der Waals surface area contributed by atoms with Crippen molar-refractivity contribution >= 4 is 29.2 Å². The van der Waals surface area contributed by atoms with Crippen LogP contribution >= 0.6 is 23.4 Å². The Labute approximate surface area is 128 Å². The first-order valence-corrected chi connectivity index (χ1v) is 7.80. The molecule has 1 heterocycles. The van der Waals surface area contributed by atoms with Crippen LogP contribution in [0.15, 0.2) is 47.5 Å². The van der Waals surface area contributed by atoms with Crippen molar-refractivity contribution in [3.63, 3.8) is 0 Å². The molecule has 2 aromatic rings. The van der Waals surface area contributed by atoms with Gasteiger partial charge < -0.3 is 11.1 Å². The van der Waals surface area contributed by atoms with Crippen molar-refractivity contribution in [2.45, 2.75) is 17.4 Å². The topological polar surface area (TPSA) is 50.9 Å². The summed E-state index contributed by atoms with van der Waals surface area (Å²) in [5.74, 6) is 1.54. The summed E-state index contributed by atoms with van der Waals surface area (Å²) >= 11 is 7.79. The summed E-state index contributed by atoms with van der Waals surface area (Å²) in [7, 11) is 1.98. The van der Waals surface area contributed by atoms with Crippen LogP contribution in [0.2, 0.25) is 5.02 Å². The Kier molecular flexibility index (Phi) is 5.71. The Bertz CT molecular complexity index is 562. The van der Waals surface area contributed by atoms with E-state index < -0.39 is 0 Å². The van der Waals surface area contributed by atoms with E-state index >= 15 is 0 Å². The van der Waals surface area contributed by atoms with Crippen LogP contribution in [0.4, 0.5) is 5.82 Å². The number of likely N-dealkylation sites (N-methyl/N-ethyl adjacent to an activating group) is 1. The van der Waals surface area contributed by atoms with Gasteiger partial charge in [-0.15, -0.1) is 11.8 Å². The first-order chi connectivity index (χ1) is 9.67. The van der Waals surface area contributed by atoms with E-state index in [1.165, 1.54) is 10.5 Å². The fourth-order valence-electron chi connectivity index (χ4n) is 1.90. The van der Waals surface area contributed by atoms with Crippen molar-refractivity contribution in [1.82, 2.24) is 10.3 Å². The predicted molar refractivity (Wildman–Crippen MR) is 87.4 cm³/mol. The maximum Gasteiger partial charge on any atom is 0.123 e. The second kappa shape index (κ2) is 7.53. The van der Waals surface area contributed by atoms with E-state index in [1.54, 1.807) is 18.0 Å². The molecule has 0 radical (unpaired) electrons. The van der Waals surface area contributed by atoms with Gasteiger partial charge in [-0.1, -0.05) is 17.7 Å². The Morgan fingerprint density at radius 2 is 2.20 bits per heavy atom. The van der Waals surface area contributed by atoms with Gasteiger partial charge >= 0.3 is 0 Å². The largest absolute Gasteiger partial charge is 0.384 e. The lowest BCUT2D eigenvalue weighted by Gasteiger charge is -2.16. The van der Waals surface area contributed by atoms with Gasteiger partial charge in [0, 0.05) is 27.9 Å². The zero-order chi connectivity index (χ0) is 14.4. The molecule has 0 aliphatic rings. The average Bonchev–Trinajstić information content (AvgIpc) is 2.43. The van der Waals surface area contributed by atoms with Crippen LogP contribution in [0.1, 0.15) is 5.56 Å². The third-order valence-electron chi connectivity index (χ3n) is 2.98. The van der Waals surface area contributed by atoms with Crippen molar-refractivity contribution in [3.8, 4) is 0 Å². The number of hydrogen-bond acceptors (Lipinski definition) is 4. The number of nitrogen functional groups attached to an aromatic ring is 1. The summed E-state index contributed by atoms with van der Waals surface area (Å²) in [6.45, 7) is 0. The first kappa shape index (κ1) is 15.2. The molecule has 106 valence electrons. The third kappa shape index (κ3) is 4.71.